The Hall–Kier alpha value is -2.91. The van der Waals surface area contributed by atoms with Gasteiger partial charge in [-0.05, 0) is 37.3 Å². The zero-order chi connectivity index (χ0) is 15.5. The summed E-state index contributed by atoms with van der Waals surface area (Å²) in [4.78, 5) is 16.5. The average molecular weight is 309 g/mol. The third kappa shape index (κ3) is 2.90. The Kier molecular flexibility index (Phi) is 3.73. The second-order valence-electron chi connectivity index (χ2n) is 4.59. The smallest absolute Gasteiger partial charge is 0.257 e. The van der Waals surface area contributed by atoms with Crippen LogP contribution in [0.15, 0.2) is 46.2 Å². The first-order chi connectivity index (χ1) is 10.7. The molecule has 1 aromatic carbocycles. The molecule has 0 fully saturated rings. The fourth-order valence-corrected chi connectivity index (χ4v) is 2.61. The van der Waals surface area contributed by atoms with E-state index in [0.29, 0.717) is 27.7 Å². The number of rotatable bonds is 3. The normalized spacial score (nSPS) is 10.2. The molecule has 1 amide bonds. The summed E-state index contributed by atoms with van der Waals surface area (Å²) in [5.74, 6) is 1.18. The van der Waals surface area contributed by atoms with Crippen molar-refractivity contribution in [2.45, 2.75) is 6.92 Å². The molecule has 3 rings (SSSR count). The lowest BCUT2D eigenvalue weighted by Crippen LogP contribution is -2.11. The van der Waals surface area contributed by atoms with Crippen LogP contribution < -0.4 is 5.32 Å². The molecule has 0 aliphatic carbocycles. The molecule has 0 aliphatic rings. The molecule has 2 aromatic heterocycles. The number of aromatic nitrogens is 1. The Balaban J connectivity index is 1.77. The lowest BCUT2D eigenvalue weighted by atomic mass is 10.1. The minimum atomic E-state index is -0.298. The molecule has 5 nitrogen and oxygen atoms in total. The molecule has 2 heterocycles. The van der Waals surface area contributed by atoms with E-state index in [1.807, 2.05) is 30.5 Å². The third-order valence-corrected chi connectivity index (χ3v) is 3.73. The Morgan fingerprint density at radius 1 is 1.36 bits per heavy atom. The van der Waals surface area contributed by atoms with Gasteiger partial charge in [-0.3, -0.25) is 10.1 Å². The highest BCUT2D eigenvalue weighted by atomic mass is 32.1. The van der Waals surface area contributed by atoms with Gasteiger partial charge >= 0.3 is 0 Å². The number of furan rings is 1. The van der Waals surface area contributed by atoms with Gasteiger partial charge in [-0.25, -0.2) is 4.98 Å². The van der Waals surface area contributed by atoms with Gasteiger partial charge in [0.05, 0.1) is 11.6 Å². The molecule has 1 N–H and O–H groups in total. The van der Waals surface area contributed by atoms with Crippen molar-refractivity contribution < 1.29 is 9.21 Å². The van der Waals surface area contributed by atoms with Crippen LogP contribution in [0.5, 0.6) is 0 Å². The number of carbonyl (C=O) groups is 1. The van der Waals surface area contributed by atoms with Gasteiger partial charge in [0.15, 0.2) is 10.9 Å². The topological polar surface area (TPSA) is 78.9 Å². The maximum Gasteiger partial charge on any atom is 0.257 e. The van der Waals surface area contributed by atoms with Crippen LogP contribution in [-0.2, 0) is 0 Å². The monoisotopic (exact) mass is 309 g/mol. The van der Waals surface area contributed by atoms with Crippen LogP contribution in [0.1, 0.15) is 21.7 Å². The molecule has 0 spiro atoms. The molecule has 0 radical (unpaired) electrons. The van der Waals surface area contributed by atoms with E-state index in [0.717, 1.165) is 5.76 Å². The molecular weight excluding hydrogens is 298 g/mol. The molecular formula is C16H11N3O2S. The number of nitriles is 1. The third-order valence-electron chi connectivity index (χ3n) is 2.97. The van der Waals surface area contributed by atoms with E-state index < -0.39 is 0 Å². The van der Waals surface area contributed by atoms with Crippen LogP contribution in [0, 0.1) is 18.3 Å². The van der Waals surface area contributed by atoms with Gasteiger partial charge in [-0.15, -0.1) is 11.3 Å². The van der Waals surface area contributed by atoms with Gasteiger partial charge in [0.2, 0.25) is 0 Å². The number of aryl methyl sites for hydroxylation is 1. The Morgan fingerprint density at radius 2 is 2.23 bits per heavy atom. The van der Waals surface area contributed by atoms with Crippen LogP contribution in [0.4, 0.5) is 5.13 Å². The summed E-state index contributed by atoms with van der Waals surface area (Å²) < 4.78 is 5.50. The number of carbonyl (C=O) groups excluding carboxylic acids is 1. The van der Waals surface area contributed by atoms with Crippen molar-refractivity contribution in [2.75, 3.05) is 5.32 Å². The minimum Gasteiger partial charge on any atom is -0.460 e. The highest BCUT2D eigenvalue weighted by Crippen LogP contribution is 2.26. The van der Waals surface area contributed by atoms with E-state index in [4.69, 9.17) is 9.68 Å². The van der Waals surface area contributed by atoms with Crippen molar-refractivity contribution in [2.24, 2.45) is 0 Å². The molecule has 0 aliphatic heterocycles. The van der Waals surface area contributed by atoms with Crippen molar-refractivity contribution in [3.8, 4) is 17.5 Å². The summed E-state index contributed by atoms with van der Waals surface area (Å²) in [5.41, 5.74) is 1.54. The number of hydrogen-bond donors (Lipinski definition) is 1. The summed E-state index contributed by atoms with van der Waals surface area (Å²) >= 11 is 1.32. The SMILES string of the molecule is Cc1ccc(-c2csc(NC(=O)c3cccc(C#N)c3)n2)o1. The van der Waals surface area contributed by atoms with Crippen LogP contribution in [0.25, 0.3) is 11.5 Å². The number of nitrogens with one attached hydrogen (secondary N) is 1. The van der Waals surface area contributed by atoms with Gasteiger partial charge in [0, 0.05) is 10.9 Å². The van der Waals surface area contributed by atoms with Crippen molar-refractivity contribution in [1.82, 2.24) is 4.98 Å². The molecule has 22 heavy (non-hydrogen) atoms. The second kappa shape index (κ2) is 5.84. The summed E-state index contributed by atoms with van der Waals surface area (Å²) in [6, 6.07) is 12.2. The minimum absolute atomic E-state index is 0.298. The van der Waals surface area contributed by atoms with Crippen molar-refractivity contribution in [3.05, 3.63) is 58.7 Å². The molecule has 6 heteroatoms. The number of hydrogen-bond acceptors (Lipinski definition) is 5. The van der Waals surface area contributed by atoms with Crippen LogP contribution >= 0.6 is 11.3 Å². The van der Waals surface area contributed by atoms with E-state index in [9.17, 15) is 4.79 Å². The lowest BCUT2D eigenvalue weighted by Gasteiger charge is -2.01. The van der Waals surface area contributed by atoms with Gasteiger partial charge in [0.25, 0.3) is 5.91 Å². The first kappa shape index (κ1) is 14.0. The maximum atomic E-state index is 12.2. The molecule has 0 bridgehead atoms. The summed E-state index contributed by atoms with van der Waals surface area (Å²) in [5, 5.41) is 13.9. The molecule has 3 aromatic rings. The number of anilines is 1. The van der Waals surface area contributed by atoms with E-state index in [1.54, 1.807) is 24.3 Å². The first-order valence-corrected chi connectivity index (χ1v) is 7.37. The predicted molar refractivity (Wildman–Crippen MR) is 83.7 cm³/mol. The van der Waals surface area contributed by atoms with Crippen molar-refractivity contribution in [1.29, 1.82) is 5.26 Å². The van der Waals surface area contributed by atoms with Gasteiger partial charge < -0.3 is 4.42 Å². The standard InChI is InChI=1S/C16H11N3O2S/c1-10-5-6-14(21-10)13-9-22-16(18-13)19-15(20)12-4-2-3-11(7-12)8-17/h2-7,9H,1H3,(H,18,19,20). The largest absolute Gasteiger partial charge is 0.460 e. The lowest BCUT2D eigenvalue weighted by molar-refractivity contribution is 0.102. The number of thiazole rings is 1. The van der Waals surface area contributed by atoms with E-state index >= 15 is 0 Å². The van der Waals surface area contributed by atoms with Crippen molar-refractivity contribution >= 4 is 22.4 Å². The Labute approximate surface area is 130 Å². The number of benzene rings is 1. The van der Waals surface area contributed by atoms with Crippen molar-refractivity contribution in [3.63, 3.8) is 0 Å². The van der Waals surface area contributed by atoms with Crippen LogP contribution in [-0.4, -0.2) is 10.9 Å². The maximum absolute atomic E-state index is 12.2. The van der Waals surface area contributed by atoms with E-state index in [-0.39, 0.29) is 5.91 Å². The summed E-state index contributed by atoms with van der Waals surface area (Å²) in [7, 11) is 0. The molecule has 0 saturated heterocycles. The number of amides is 1. The summed E-state index contributed by atoms with van der Waals surface area (Å²) in [6.45, 7) is 1.86. The van der Waals surface area contributed by atoms with E-state index in [2.05, 4.69) is 10.3 Å². The van der Waals surface area contributed by atoms with Gasteiger partial charge in [-0.1, -0.05) is 6.07 Å². The van der Waals surface area contributed by atoms with E-state index in [1.165, 1.54) is 11.3 Å². The highest BCUT2D eigenvalue weighted by molar-refractivity contribution is 7.14. The van der Waals surface area contributed by atoms with Crippen LogP contribution in [0.3, 0.4) is 0 Å². The predicted octanol–water partition coefficient (Wildman–Crippen LogP) is 3.84. The highest BCUT2D eigenvalue weighted by Gasteiger charge is 2.12. The zero-order valence-electron chi connectivity index (χ0n) is 11.7. The second-order valence-corrected chi connectivity index (χ2v) is 5.45. The molecule has 0 atom stereocenters. The Bertz CT molecular complexity index is 873. The Morgan fingerprint density at radius 3 is 2.95 bits per heavy atom. The molecule has 0 saturated carbocycles. The first-order valence-electron chi connectivity index (χ1n) is 6.49. The molecule has 0 unspecified atom stereocenters. The zero-order valence-corrected chi connectivity index (χ0v) is 12.5. The van der Waals surface area contributed by atoms with Gasteiger partial charge in [0.1, 0.15) is 11.5 Å². The number of nitrogens with zero attached hydrogens (tertiary/aromatic N) is 2. The quantitative estimate of drug-likeness (QED) is 0.797. The van der Waals surface area contributed by atoms with Crippen LogP contribution in [0.2, 0.25) is 0 Å². The molecule has 108 valence electrons. The summed E-state index contributed by atoms with van der Waals surface area (Å²) in [6.07, 6.45) is 0. The average Bonchev–Trinajstić information content (AvgIpc) is 3.16. The fourth-order valence-electron chi connectivity index (χ4n) is 1.92. The fraction of sp³-hybridized carbons (Fsp3) is 0.0625. The van der Waals surface area contributed by atoms with Gasteiger partial charge in [-0.2, -0.15) is 5.26 Å².